The van der Waals surface area contributed by atoms with Crippen molar-refractivity contribution in [3.63, 3.8) is 0 Å². The number of hydrogen-bond donors (Lipinski definition) is 1. The Labute approximate surface area is 177 Å². The van der Waals surface area contributed by atoms with Crippen LogP contribution in [0.1, 0.15) is 5.56 Å². The number of hydrazone groups is 1. The van der Waals surface area contributed by atoms with Crippen LogP contribution >= 0.6 is 0 Å². The fourth-order valence-corrected chi connectivity index (χ4v) is 2.87. The summed E-state index contributed by atoms with van der Waals surface area (Å²) in [4.78, 5) is 19.3. The lowest BCUT2D eigenvalue weighted by atomic mass is 10.1. The Bertz CT molecular complexity index is 1230. The molecular weight excluding hydrogens is 397 g/mol. The van der Waals surface area contributed by atoms with Crippen LogP contribution in [0.25, 0.3) is 22.5 Å². The zero-order valence-corrected chi connectivity index (χ0v) is 16.1. The second-order valence-electron chi connectivity index (χ2n) is 6.55. The number of aromatic nitrogens is 2. The minimum Gasteiger partial charge on any atom is -0.258 e. The van der Waals surface area contributed by atoms with Crippen molar-refractivity contribution in [2.45, 2.75) is 0 Å². The number of rotatable bonds is 6. The molecule has 7 nitrogen and oxygen atoms in total. The molecule has 1 N–H and O–H groups in total. The van der Waals surface area contributed by atoms with Crippen molar-refractivity contribution in [1.29, 1.82) is 0 Å². The molecule has 8 heteroatoms. The van der Waals surface area contributed by atoms with Crippen molar-refractivity contribution in [3.05, 3.63) is 106 Å². The Kier molecular flexibility index (Phi) is 5.70. The summed E-state index contributed by atoms with van der Waals surface area (Å²) in [6.07, 6.45) is 1.51. The molecule has 0 bridgehead atoms. The van der Waals surface area contributed by atoms with Gasteiger partial charge in [-0.25, -0.2) is 19.8 Å². The molecule has 0 amide bonds. The lowest BCUT2D eigenvalue weighted by molar-refractivity contribution is -0.384. The normalized spacial score (nSPS) is 10.9. The van der Waals surface area contributed by atoms with Gasteiger partial charge in [0.15, 0.2) is 0 Å². The van der Waals surface area contributed by atoms with Gasteiger partial charge in [-0.3, -0.25) is 10.1 Å². The minimum absolute atomic E-state index is 0.00736. The molecule has 1 aromatic heterocycles. The number of nitro benzene ring substituents is 1. The van der Waals surface area contributed by atoms with E-state index < -0.39 is 4.92 Å². The summed E-state index contributed by atoms with van der Waals surface area (Å²) >= 11 is 0. The van der Waals surface area contributed by atoms with E-state index in [0.717, 1.165) is 11.1 Å². The molecule has 0 saturated heterocycles. The summed E-state index contributed by atoms with van der Waals surface area (Å²) in [6.45, 7) is 0. The molecule has 0 spiro atoms. The second kappa shape index (κ2) is 8.91. The van der Waals surface area contributed by atoms with Crippen LogP contribution in [-0.4, -0.2) is 21.1 Å². The largest absolute Gasteiger partial charge is 0.269 e. The molecule has 4 aromatic rings. The van der Waals surface area contributed by atoms with Crippen LogP contribution in [0.15, 0.2) is 90.0 Å². The smallest absolute Gasteiger partial charge is 0.258 e. The van der Waals surface area contributed by atoms with Crippen molar-refractivity contribution in [1.82, 2.24) is 9.97 Å². The zero-order valence-electron chi connectivity index (χ0n) is 16.1. The van der Waals surface area contributed by atoms with Gasteiger partial charge in [0.25, 0.3) is 5.69 Å². The summed E-state index contributed by atoms with van der Waals surface area (Å²) in [5, 5.41) is 14.9. The molecule has 3 aromatic carbocycles. The van der Waals surface area contributed by atoms with Crippen LogP contribution in [0.5, 0.6) is 0 Å². The molecule has 4 rings (SSSR count). The highest BCUT2D eigenvalue weighted by atomic mass is 19.1. The fourth-order valence-electron chi connectivity index (χ4n) is 2.87. The highest BCUT2D eigenvalue weighted by Gasteiger charge is 2.09. The van der Waals surface area contributed by atoms with Gasteiger partial charge >= 0.3 is 0 Å². The third-order valence-electron chi connectivity index (χ3n) is 4.42. The van der Waals surface area contributed by atoms with E-state index in [4.69, 9.17) is 0 Å². The van der Waals surface area contributed by atoms with Crippen molar-refractivity contribution in [3.8, 4) is 22.5 Å². The van der Waals surface area contributed by atoms with Crippen LogP contribution in [0.3, 0.4) is 0 Å². The first-order valence-electron chi connectivity index (χ1n) is 9.32. The average molecular weight is 413 g/mol. The predicted molar refractivity (Wildman–Crippen MR) is 117 cm³/mol. The standard InChI is InChI=1S/C23H16FN5O2/c24-19-10-8-18(9-11-19)22-14-21(17-4-2-1-3-5-17)26-23(27-22)28-25-15-16-6-12-20(13-7-16)29(30)31/h1-15H,(H,26,27,28). The van der Waals surface area contributed by atoms with Gasteiger partial charge in [-0.05, 0) is 48.0 Å². The lowest BCUT2D eigenvalue weighted by Crippen LogP contribution is -2.00. The summed E-state index contributed by atoms with van der Waals surface area (Å²) in [5.74, 6) is -0.0639. The van der Waals surface area contributed by atoms with Gasteiger partial charge in [-0.15, -0.1) is 0 Å². The van der Waals surface area contributed by atoms with Crippen molar-refractivity contribution >= 4 is 17.9 Å². The van der Waals surface area contributed by atoms with E-state index in [2.05, 4.69) is 20.5 Å². The molecule has 0 aliphatic heterocycles. The van der Waals surface area contributed by atoms with E-state index >= 15 is 0 Å². The summed E-state index contributed by atoms with van der Waals surface area (Å²) in [6, 6.07) is 23.5. The van der Waals surface area contributed by atoms with Crippen molar-refractivity contribution in [2.24, 2.45) is 5.10 Å². The number of hydrogen-bond acceptors (Lipinski definition) is 6. The molecule has 152 valence electrons. The monoisotopic (exact) mass is 413 g/mol. The van der Waals surface area contributed by atoms with E-state index in [1.54, 1.807) is 24.3 Å². The van der Waals surface area contributed by atoms with E-state index in [1.807, 2.05) is 36.4 Å². The average Bonchev–Trinajstić information content (AvgIpc) is 2.80. The molecule has 0 unspecified atom stereocenters. The number of anilines is 1. The van der Waals surface area contributed by atoms with Gasteiger partial charge in [0.1, 0.15) is 5.82 Å². The maximum Gasteiger partial charge on any atom is 0.269 e. The number of halogens is 1. The number of nitrogens with one attached hydrogen (secondary N) is 1. The topological polar surface area (TPSA) is 93.3 Å². The maximum atomic E-state index is 13.3. The van der Waals surface area contributed by atoms with Crippen molar-refractivity contribution < 1.29 is 9.31 Å². The first-order valence-corrected chi connectivity index (χ1v) is 9.32. The molecule has 0 atom stereocenters. The van der Waals surface area contributed by atoms with Gasteiger partial charge < -0.3 is 0 Å². The van der Waals surface area contributed by atoms with Gasteiger partial charge in [-0.2, -0.15) is 5.10 Å². The lowest BCUT2D eigenvalue weighted by Gasteiger charge is -2.08. The fraction of sp³-hybridized carbons (Fsp3) is 0. The number of benzene rings is 3. The van der Waals surface area contributed by atoms with Crippen LogP contribution in [0, 0.1) is 15.9 Å². The summed E-state index contributed by atoms with van der Waals surface area (Å²) in [7, 11) is 0. The molecular formula is C23H16FN5O2. The molecule has 0 radical (unpaired) electrons. The molecule has 0 saturated carbocycles. The first-order chi connectivity index (χ1) is 15.1. The van der Waals surface area contributed by atoms with Gasteiger partial charge in [-0.1, -0.05) is 30.3 Å². The van der Waals surface area contributed by atoms with E-state index in [1.165, 1.54) is 30.5 Å². The summed E-state index contributed by atoms with van der Waals surface area (Å²) < 4.78 is 13.3. The van der Waals surface area contributed by atoms with Gasteiger partial charge in [0.2, 0.25) is 5.95 Å². The summed E-state index contributed by atoms with van der Waals surface area (Å²) in [5.41, 5.74) is 6.42. The Balaban J connectivity index is 1.63. The Morgan fingerprint density at radius 2 is 1.48 bits per heavy atom. The van der Waals surface area contributed by atoms with Crippen LogP contribution in [-0.2, 0) is 0 Å². The molecule has 0 aliphatic carbocycles. The number of nitrogens with zero attached hydrogens (tertiary/aromatic N) is 4. The van der Waals surface area contributed by atoms with Crippen molar-refractivity contribution in [2.75, 3.05) is 5.43 Å². The quantitative estimate of drug-likeness (QED) is 0.263. The van der Waals surface area contributed by atoms with Crippen LogP contribution < -0.4 is 5.43 Å². The highest BCUT2D eigenvalue weighted by Crippen LogP contribution is 2.25. The van der Waals surface area contributed by atoms with Gasteiger partial charge in [0, 0.05) is 23.3 Å². The first kappa shape index (κ1) is 19.8. The van der Waals surface area contributed by atoms with E-state index in [9.17, 15) is 14.5 Å². The third kappa shape index (κ3) is 4.94. The maximum absolute atomic E-state index is 13.3. The zero-order chi connectivity index (χ0) is 21.6. The Morgan fingerprint density at radius 1 is 0.871 bits per heavy atom. The van der Waals surface area contributed by atoms with E-state index in [0.29, 0.717) is 17.0 Å². The number of non-ortho nitro benzene ring substituents is 1. The molecule has 31 heavy (non-hydrogen) atoms. The molecule has 0 aliphatic rings. The van der Waals surface area contributed by atoms with Gasteiger partial charge in [0.05, 0.1) is 22.5 Å². The second-order valence-corrected chi connectivity index (χ2v) is 6.55. The van der Waals surface area contributed by atoms with Crippen LogP contribution in [0.2, 0.25) is 0 Å². The van der Waals surface area contributed by atoms with Crippen LogP contribution in [0.4, 0.5) is 16.0 Å². The Morgan fingerprint density at radius 3 is 2.10 bits per heavy atom. The predicted octanol–water partition coefficient (Wildman–Crippen LogP) is 5.30. The Hall–Kier alpha value is -4.46. The third-order valence-corrected chi connectivity index (χ3v) is 4.42. The number of nitro groups is 1. The molecule has 1 heterocycles. The highest BCUT2D eigenvalue weighted by molar-refractivity contribution is 5.80. The minimum atomic E-state index is -0.459. The van der Waals surface area contributed by atoms with E-state index in [-0.39, 0.29) is 17.5 Å². The SMILES string of the molecule is O=[N+]([O-])c1ccc(C=NNc2nc(-c3ccccc3)cc(-c3ccc(F)cc3)n2)cc1. The molecule has 0 fully saturated rings.